The standard InChI is InChI=1S/C15H26N2O3S/c1-10(2)9-17(11(3)4)21(18,19)15-8-13(16)12(5)7-14(15)20-6/h7-8,10-11H,9,16H2,1-6H3. The monoisotopic (exact) mass is 314 g/mol. The average molecular weight is 314 g/mol. The van der Waals surface area contributed by atoms with Crippen LogP contribution in [-0.4, -0.2) is 32.4 Å². The summed E-state index contributed by atoms with van der Waals surface area (Å²) in [6.07, 6.45) is 0. The summed E-state index contributed by atoms with van der Waals surface area (Å²) in [5.41, 5.74) is 7.12. The molecular formula is C15H26N2O3S. The van der Waals surface area contributed by atoms with Crippen molar-refractivity contribution in [1.29, 1.82) is 0 Å². The number of ether oxygens (including phenoxy) is 1. The molecule has 1 aromatic carbocycles. The van der Waals surface area contributed by atoms with Crippen LogP contribution in [0.2, 0.25) is 0 Å². The van der Waals surface area contributed by atoms with Crippen molar-refractivity contribution in [3.05, 3.63) is 17.7 Å². The van der Waals surface area contributed by atoms with Gasteiger partial charge in [0.15, 0.2) is 0 Å². The van der Waals surface area contributed by atoms with E-state index in [1.807, 2.05) is 34.6 Å². The summed E-state index contributed by atoms with van der Waals surface area (Å²) >= 11 is 0. The second-order valence-electron chi connectivity index (χ2n) is 5.92. The maximum atomic E-state index is 12.9. The molecule has 0 aliphatic rings. The van der Waals surface area contributed by atoms with Crippen molar-refractivity contribution in [3.8, 4) is 5.75 Å². The molecule has 0 fully saturated rings. The van der Waals surface area contributed by atoms with Crippen LogP contribution in [0.15, 0.2) is 17.0 Å². The highest BCUT2D eigenvalue weighted by Crippen LogP contribution is 2.32. The van der Waals surface area contributed by atoms with Gasteiger partial charge < -0.3 is 10.5 Å². The summed E-state index contributed by atoms with van der Waals surface area (Å²) in [5.74, 6) is 0.562. The van der Waals surface area contributed by atoms with Crippen molar-refractivity contribution >= 4 is 15.7 Å². The molecule has 0 spiro atoms. The summed E-state index contributed by atoms with van der Waals surface area (Å²) in [6, 6.07) is 3.01. The Kier molecular flexibility index (Phi) is 5.64. The Morgan fingerprint density at radius 3 is 2.24 bits per heavy atom. The van der Waals surface area contributed by atoms with E-state index in [2.05, 4.69) is 0 Å². The van der Waals surface area contributed by atoms with Crippen molar-refractivity contribution in [2.24, 2.45) is 5.92 Å². The van der Waals surface area contributed by atoms with E-state index in [0.29, 0.717) is 18.0 Å². The molecule has 0 aromatic heterocycles. The highest BCUT2D eigenvalue weighted by atomic mass is 32.2. The molecule has 0 saturated heterocycles. The van der Waals surface area contributed by atoms with Gasteiger partial charge in [-0.25, -0.2) is 8.42 Å². The van der Waals surface area contributed by atoms with Gasteiger partial charge in [0.1, 0.15) is 10.6 Å². The summed E-state index contributed by atoms with van der Waals surface area (Å²) in [6.45, 7) is 9.99. The van der Waals surface area contributed by atoms with E-state index in [-0.39, 0.29) is 16.9 Å². The third kappa shape index (κ3) is 3.89. The molecular weight excluding hydrogens is 288 g/mol. The summed E-state index contributed by atoms with van der Waals surface area (Å²) in [7, 11) is -2.18. The minimum atomic E-state index is -3.65. The fourth-order valence-corrected chi connectivity index (χ4v) is 4.09. The Hall–Kier alpha value is -1.27. The molecule has 6 heteroatoms. The zero-order valence-electron chi connectivity index (χ0n) is 13.7. The van der Waals surface area contributed by atoms with Gasteiger partial charge in [-0.1, -0.05) is 13.8 Å². The first-order chi connectivity index (χ1) is 9.61. The first-order valence-electron chi connectivity index (χ1n) is 7.07. The van der Waals surface area contributed by atoms with E-state index < -0.39 is 10.0 Å². The SMILES string of the molecule is COc1cc(C)c(N)cc1S(=O)(=O)N(CC(C)C)C(C)C. The normalized spacial score (nSPS) is 12.4. The molecule has 0 radical (unpaired) electrons. The number of methoxy groups -OCH3 is 1. The largest absolute Gasteiger partial charge is 0.495 e. The van der Waals surface area contributed by atoms with E-state index in [9.17, 15) is 8.42 Å². The van der Waals surface area contributed by atoms with E-state index in [1.165, 1.54) is 17.5 Å². The molecule has 5 nitrogen and oxygen atoms in total. The fourth-order valence-electron chi connectivity index (χ4n) is 2.11. The van der Waals surface area contributed by atoms with Crippen molar-refractivity contribution in [3.63, 3.8) is 0 Å². The van der Waals surface area contributed by atoms with Crippen LogP contribution < -0.4 is 10.5 Å². The molecule has 120 valence electrons. The quantitative estimate of drug-likeness (QED) is 0.819. The first kappa shape index (κ1) is 17.8. The van der Waals surface area contributed by atoms with Crippen LogP contribution >= 0.6 is 0 Å². The highest BCUT2D eigenvalue weighted by molar-refractivity contribution is 7.89. The minimum absolute atomic E-state index is 0.127. The zero-order chi connectivity index (χ0) is 16.4. The second kappa shape index (κ2) is 6.66. The Morgan fingerprint density at radius 2 is 1.81 bits per heavy atom. The Morgan fingerprint density at radius 1 is 1.24 bits per heavy atom. The van der Waals surface area contributed by atoms with Crippen molar-refractivity contribution < 1.29 is 13.2 Å². The summed E-state index contributed by atoms with van der Waals surface area (Å²) in [4.78, 5) is 0.127. The average Bonchev–Trinajstić information content (AvgIpc) is 2.37. The maximum absolute atomic E-state index is 12.9. The lowest BCUT2D eigenvalue weighted by molar-refractivity contribution is 0.316. The van der Waals surface area contributed by atoms with Gasteiger partial charge in [0.2, 0.25) is 10.0 Å². The van der Waals surface area contributed by atoms with E-state index in [0.717, 1.165) is 5.56 Å². The number of sulfonamides is 1. The van der Waals surface area contributed by atoms with Gasteiger partial charge >= 0.3 is 0 Å². The Balaban J connectivity index is 3.44. The van der Waals surface area contributed by atoms with Crippen LogP contribution in [0.3, 0.4) is 0 Å². The summed E-state index contributed by atoms with van der Waals surface area (Å²) in [5, 5.41) is 0. The summed E-state index contributed by atoms with van der Waals surface area (Å²) < 4.78 is 32.6. The van der Waals surface area contributed by atoms with Crippen LogP contribution in [0.25, 0.3) is 0 Å². The number of nitrogens with two attached hydrogens (primary N) is 1. The number of aryl methyl sites for hydroxylation is 1. The van der Waals surface area contributed by atoms with Gasteiger partial charge in [0.25, 0.3) is 0 Å². The third-order valence-electron chi connectivity index (χ3n) is 3.26. The first-order valence-corrected chi connectivity index (χ1v) is 8.51. The molecule has 0 aliphatic carbocycles. The zero-order valence-corrected chi connectivity index (χ0v) is 14.5. The smallest absolute Gasteiger partial charge is 0.247 e. The second-order valence-corrected chi connectivity index (χ2v) is 7.78. The van der Waals surface area contributed by atoms with Crippen molar-refractivity contribution in [2.45, 2.75) is 45.6 Å². The lowest BCUT2D eigenvalue weighted by Crippen LogP contribution is -2.39. The predicted molar refractivity (Wildman–Crippen MR) is 86.0 cm³/mol. The van der Waals surface area contributed by atoms with E-state index in [4.69, 9.17) is 10.5 Å². The number of benzene rings is 1. The van der Waals surface area contributed by atoms with Gasteiger partial charge in [-0.2, -0.15) is 4.31 Å². The van der Waals surface area contributed by atoms with Crippen LogP contribution in [0, 0.1) is 12.8 Å². The van der Waals surface area contributed by atoms with Crippen molar-refractivity contribution in [2.75, 3.05) is 19.4 Å². The predicted octanol–water partition coefficient (Wildman–Crippen LogP) is 2.64. The highest BCUT2D eigenvalue weighted by Gasteiger charge is 2.30. The number of hydrogen-bond acceptors (Lipinski definition) is 4. The molecule has 0 heterocycles. The number of nitrogens with zero attached hydrogens (tertiary/aromatic N) is 1. The molecule has 21 heavy (non-hydrogen) atoms. The van der Waals surface area contributed by atoms with Crippen LogP contribution in [-0.2, 0) is 10.0 Å². The van der Waals surface area contributed by atoms with Crippen LogP contribution in [0.5, 0.6) is 5.75 Å². The maximum Gasteiger partial charge on any atom is 0.247 e. The molecule has 0 saturated carbocycles. The van der Waals surface area contributed by atoms with Gasteiger partial charge in [0.05, 0.1) is 7.11 Å². The van der Waals surface area contributed by atoms with Gasteiger partial charge in [0, 0.05) is 18.3 Å². The van der Waals surface area contributed by atoms with Crippen LogP contribution in [0.1, 0.15) is 33.3 Å². The Labute approximate surface area is 128 Å². The minimum Gasteiger partial charge on any atom is -0.495 e. The fraction of sp³-hybridized carbons (Fsp3) is 0.600. The lowest BCUT2D eigenvalue weighted by atomic mass is 10.2. The molecule has 2 N–H and O–H groups in total. The number of anilines is 1. The lowest BCUT2D eigenvalue weighted by Gasteiger charge is -2.28. The topological polar surface area (TPSA) is 72.6 Å². The van der Waals surface area contributed by atoms with E-state index >= 15 is 0 Å². The Bertz CT molecular complexity index is 595. The molecule has 0 unspecified atom stereocenters. The van der Waals surface area contributed by atoms with E-state index in [1.54, 1.807) is 6.07 Å². The number of nitrogen functional groups attached to an aromatic ring is 1. The molecule has 1 rings (SSSR count). The number of rotatable bonds is 6. The molecule has 0 atom stereocenters. The number of hydrogen-bond donors (Lipinski definition) is 1. The molecule has 0 bridgehead atoms. The molecule has 1 aromatic rings. The third-order valence-corrected chi connectivity index (χ3v) is 5.32. The van der Waals surface area contributed by atoms with Crippen LogP contribution in [0.4, 0.5) is 5.69 Å². The molecule has 0 aliphatic heterocycles. The van der Waals surface area contributed by atoms with Gasteiger partial charge in [-0.3, -0.25) is 0 Å². The van der Waals surface area contributed by atoms with Gasteiger partial charge in [-0.05, 0) is 44.4 Å². The molecule has 0 amide bonds. The van der Waals surface area contributed by atoms with Gasteiger partial charge in [-0.15, -0.1) is 0 Å². The van der Waals surface area contributed by atoms with Crippen molar-refractivity contribution in [1.82, 2.24) is 4.31 Å².